The molecule has 0 spiro atoms. The first-order chi connectivity index (χ1) is 11.1. The van der Waals surface area contributed by atoms with E-state index in [2.05, 4.69) is 28.8 Å². The standard InChI is InChI=1S/C19H17NO3/c1-12(21)16-10-15(11-18-19(16)23-8-7-22-18)13-3-4-17-14(9-13)5-6-20(17)2/h3-6,9-11H,7-8H2,1-2H3. The maximum atomic E-state index is 12.0. The Morgan fingerprint density at radius 3 is 2.70 bits per heavy atom. The van der Waals surface area contributed by atoms with Gasteiger partial charge in [-0.15, -0.1) is 0 Å². The highest BCUT2D eigenvalue weighted by Crippen LogP contribution is 2.39. The van der Waals surface area contributed by atoms with Gasteiger partial charge in [-0.3, -0.25) is 4.79 Å². The second-order valence-electron chi connectivity index (χ2n) is 5.80. The molecule has 0 radical (unpaired) electrons. The van der Waals surface area contributed by atoms with E-state index in [-0.39, 0.29) is 5.78 Å². The van der Waals surface area contributed by atoms with Crippen molar-refractivity contribution < 1.29 is 14.3 Å². The third-order valence-corrected chi connectivity index (χ3v) is 4.24. The molecule has 0 saturated carbocycles. The molecule has 3 aromatic rings. The molecule has 4 nitrogen and oxygen atoms in total. The zero-order valence-electron chi connectivity index (χ0n) is 13.1. The number of nitrogens with zero attached hydrogens (tertiary/aromatic N) is 1. The van der Waals surface area contributed by atoms with Crippen LogP contribution in [0.3, 0.4) is 0 Å². The minimum absolute atomic E-state index is 0.0191. The largest absolute Gasteiger partial charge is 0.486 e. The molecular weight excluding hydrogens is 290 g/mol. The Bertz CT molecular complexity index is 924. The van der Waals surface area contributed by atoms with Crippen LogP contribution in [0.1, 0.15) is 17.3 Å². The van der Waals surface area contributed by atoms with E-state index in [9.17, 15) is 4.79 Å². The molecule has 0 amide bonds. The van der Waals surface area contributed by atoms with Gasteiger partial charge < -0.3 is 14.0 Å². The van der Waals surface area contributed by atoms with Crippen LogP contribution in [0, 0.1) is 0 Å². The number of fused-ring (bicyclic) bond motifs is 2. The van der Waals surface area contributed by atoms with E-state index in [1.807, 2.05) is 25.4 Å². The smallest absolute Gasteiger partial charge is 0.172 e. The third-order valence-electron chi connectivity index (χ3n) is 4.24. The lowest BCUT2D eigenvalue weighted by Crippen LogP contribution is -2.17. The molecule has 116 valence electrons. The summed E-state index contributed by atoms with van der Waals surface area (Å²) >= 11 is 0. The highest BCUT2D eigenvalue weighted by molar-refractivity contribution is 5.99. The summed E-state index contributed by atoms with van der Waals surface area (Å²) in [6.07, 6.45) is 2.04. The first-order valence-corrected chi connectivity index (χ1v) is 7.63. The van der Waals surface area contributed by atoms with Crippen LogP contribution < -0.4 is 9.47 Å². The average Bonchev–Trinajstić information content (AvgIpc) is 2.94. The Kier molecular flexibility index (Phi) is 3.11. The molecule has 1 aliphatic heterocycles. The van der Waals surface area contributed by atoms with E-state index in [1.165, 1.54) is 10.9 Å². The van der Waals surface area contributed by atoms with Crippen LogP contribution in [-0.4, -0.2) is 23.6 Å². The minimum atomic E-state index is -0.0191. The molecule has 0 fully saturated rings. The van der Waals surface area contributed by atoms with Gasteiger partial charge in [-0.25, -0.2) is 0 Å². The zero-order chi connectivity index (χ0) is 16.0. The molecule has 0 bridgehead atoms. The lowest BCUT2D eigenvalue weighted by molar-refractivity contribution is 0.100. The zero-order valence-corrected chi connectivity index (χ0v) is 13.1. The number of hydrogen-bond acceptors (Lipinski definition) is 3. The summed E-state index contributed by atoms with van der Waals surface area (Å²) in [7, 11) is 2.03. The molecule has 0 saturated heterocycles. The van der Waals surface area contributed by atoms with E-state index in [0.29, 0.717) is 30.3 Å². The Morgan fingerprint density at radius 2 is 1.87 bits per heavy atom. The fourth-order valence-electron chi connectivity index (χ4n) is 3.04. The van der Waals surface area contributed by atoms with Crippen molar-refractivity contribution in [2.75, 3.05) is 13.2 Å². The molecule has 0 atom stereocenters. The van der Waals surface area contributed by atoms with Gasteiger partial charge in [0.2, 0.25) is 0 Å². The van der Waals surface area contributed by atoms with E-state index in [4.69, 9.17) is 9.47 Å². The second kappa shape index (κ2) is 5.16. The number of ether oxygens (including phenoxy) is 2. The van der Waals surface area contributed by atoms with Crippen LogP contribution in [-0.2, 0) is 7.05 Å². The van der Waals surface area contributed by atoms with Crippen molar-refractivity contribution in [1.29, 1.82) is 0 Å². The predicted molar refractivity (Wildman–Crippen MR) is 89.3 cm³/mol. The molecule has 2 aromatic carbocycles. The molecular formula is C19H17NO3. The van der Waals surface area contributed by atoms with Crippen LogP contribution in [0.25, 0.3) is 22.0 Å². The normalized spacial score (nSPS) is 13.3. The maximum Gasteiger partial charge on any atom is 0.172 e. The number of benzene rings is 2. The Labute approximate surface area is 134 Å². The van der Waals surface area contributed by atoms with E-state index < -0.39 is 0 Å². The molecule has 4 rings (SSSR count). The Hall–Kier alpha value is -2.75. The van der Waals surface area contributed by atoms with Gasteiger partial charge in [0.1, 0.15) is 13.2 Å². The predicted octanol–water partition coefficient (Wildman–Crippen LogP) is 3.82. The van der Waals surface area contributed by atoms with Gasteiger partial charge in [0, 0.05) is 24.1 Å². The van der Waals surface area contributed by atoms with Crippen LogP contribution in [0.15, 0.2) is 42.6 Å². The number of aromatic nitrogens is 1. The maximum absolute atomic E-state index is 12.0. The molecule has 23 heavy (non-hydrogen) atoms. The van der Waals surface area contributed by atoms with Gasteiger partial charge >= 0.3 is 0 Å². The molecule has 0 aliphatic carbocycles. The molecule has 4 heteroatoms. The lowest BCUT2D eigenvalue weighted by Gasteiger charge is -2.21. The number of hydrogen-bond donors (Lipinski definition) is 0. The summed E-state index contributed by atoms with van der Waals surface area (Å²) in [5, 5.41) is 1.17. The van der Waals surface area contributed by atoms with Gasteiger partial charge in [0.05, 0.1) is 5.56 Å². The quantitative estimate of drug-likeness (QED) is 0.676. The topological polar surface area (TPSA) is 40.5 Å². The van der Waals surface area contributed by atoms with Gasteiger partial charge in [-0.1, -0.05) is 6.07 Å². The van der Waals surface area contributed by atoms with Crippen molar-refractivity contribution in [3.05, 3.63) is 48.2 Å². The van der Waals surface area contributed by atoms with Crippen LogP contribution >= 0.6 is 0 Å². The number of aryl methyl sites for hydroxylation is 1. The number of carbonyl (C=O) groups excluding carboxylic acids is 1. The number of Topliss-reactive ketones (excluding diaryl/α,β-unsaturated/α-hetero) is 1. The van der Waals surface area contributed by atoms with Crippen LogP contribution in [0.4, 0.5) is 0 Å². The first kappa shape index (κ1) is 13.9. The average molecular weight is 307 g/mol. The fourth-order valence-corrected chi connectivity index (χ4v) is 3.04. The fraction of sp³-hybridized carbons (Fsp3) is 0.211. The number of ketones is 1. The van der Waals surface area contributed by atoms with Crippen LogP contribution in [0.5, 0.6) is 11.5 Å². The second-order valence-corrected chi connectivity index (χ2v) is 5.80. The highest BCUT2D eigenvalue weighted by atomic mass is 16.6. The van der Waals surface area contributed by atoms with Gasteiger partial charge in [0.25, 0.3) is 0 Å². The Morgan fingerprint density at radius 1 is 1.04 bits per heavy atom. The van der Waals surface area contributed by atoms with Gasteiger partial charge in [-0.2, -0.15) is 0 Å². The van der Waals surface area contributed by atoms with Crippen LogP contribution in [0.2, 0.25) is 0 Å². The van der Waals surface area contributed by atoms with E-state index in [0.717, 1.165) is 11.1 Å². The summed E-state index contributed by atoms with van der Waals surface area (Å²) in [5.41, 5.74) is 3.77. The van der Waals surface area contributed by atoms with Crippen molar-refractivity contribution in [3.8, 4) is 22.6 Å². The monoisotopic (exact) mass is 307 g/mol. The summed E-state index contributed by atoms with van der Waals surface area (Å²) in [5.74, 6) is 1.19. The summed E-state index contributed by atoms with van der Waals surface area (Å²) in [4.78, 5) is 12.0. The molecule has 1 aromatic heterocycles. The SMILES string of the molecule is CC(=O)c1cc(-c2ccc3c(ccn3C)c2)cc2c1OCCO2. The first-order valence-electron chi connectivity index (χ1n) is 7.63. The highest BCUT2D eigenvalue weighted by Gasteiger charge is 2.20. The minimum Gasteiger partial charge on any atom is -0.486 e. The molecule has 1 aliphatic rings. The summed E-state index contributed by atoms with van der Waals surface area (Å²) < 4.78 is 13.4. The number of rotatable bonds is 2. The number of carbonyl (C=O) groups is 1. The van der Waals surface area contributed by atoms with E-state index in [1.54, 1.807) is 6.92 Å². The Balaban J connectivity index is 1.89. The van der Waals surface area contributed by atoms with Crippen molar-refractivity contribution in [1.82, 2.24) is 4.57 Å². The molecule has 0 unspecified atom stereocenters. The van der Waals surface area contributed by atoms with Gasteiger partial charge in [-0.05, 0) is 48.4 Å². The van der Waals surface area contributed by atoms with Crippen molar-refractivity contribution in [2.45, 2.75) is 6.92 Å². The van der Waals surface area contributed by atoms with Crippen molar-refractivity contribution in [2.24, 2.45) is 7.05 Å². The summed E-state index contributed by atoms with van der Waals surface area (Å²) in [6, 6.07) is 12.2. The van der Waals surface area contributed by atoms with Crippen molar-refractivity contribution >= 4 is 16.7 Å². The molecule has 0 N–H and O–H groups in total. The van der Waals surface area contributed by atoms with Crippen molar-refractivity contribution in [3.63, 3.8) is 0 Å². The lowest BCUT2D eigenvalue weighted by atomic mass is 9.99. The molecule has 2 heterocycles. The summed E-state index contributed by atoms with van der Waals surface area (Å²) in [6.45, 7) is 2.53. The van der Waals surface area contributed by atoms with Gasteiger partial charge in [0.15, 0.2) is 17.3 Å². The van der Waals surface area contributed by atoms with E-state index >= 15 is 0 Å². The third kappa shape index (κ3) is 2.27.